The Bertz CT molecular complexity index is 577. The van der Waals surface area contributed by atoms with Crippen molar-refractivity contribution in [2.45, 2.75) is 19.2 Å². The van der Waals surface area contributed by atoms with Crippen molar-refractivity contribution in [1.29, 1.82) is 0 Å². The monoisotopic (exact) mass is 351 g/mol. The summed E-state index contributed by atoms with van der Waals surface area (Å²) in [5.41, 5.74) is 1.44. The Morgan fingerprint density at radius 2 is 2.00 bits per heavy atom. The molecule has 1 N–H and O–H groups in total. The molecule has 0 aliphatic rings. The van der Waals surface area contributed by atoms with Crippen molar-refractivity contribution < 1.29 is 18.3 Å². The number of hydrogen-bond donors (Lipinski definition) is 1. The van der Waals surface area contributed by atoms with Crippen LogP contribution >= 0.6 is 27.3 Å². The average Bonchev–Trinajstić information content (AvgIpc) is 2.75. The highest BCUT2D eigenvalue weighted by Gasteiger charge is 2.35. The van der Waals surface area contributed by atoms with Crippen LogP contribution in [0.1, 0.15) is 27.1 Å². The highest BCUT2D eigenvalue weighted by Crippen LogP contribution is 2.36. The Morgan fingerprint density at radius 3 is 2.53 bits per heavy atom. The van der Waals surface area contributed by atoms with E-state index in [-0.39, 0.29) is 4.88 Å². The number of hydrogen-bond acceptors (Lipinski definition) is 3. The molecule has 0 saturated carbocycles. The number of aromatic nitrogens is 1. The molecule has 2 nitrogen and oxygen atoms in total. The summed E-state index contributed by atoms with van der Waals surface area (Å²) in [6.45, 7) is 1.84. The molecule has 0 radical (unpaired) electrons. The van der Waals surface area contributed by atoms with Crippen molar-refractivity contribution in [2.24, 2.45) is 0 Å². The van der Waals surface area contributed by atoms with Crippen molar-refractivity contribution >= 4 is 27.3 Å². The van der Waals surface area contributed by atoms with E-state index in [1.807, 2.05) is 13.0 Å². The number of aliphatic hydroxyl groups excluding tert-OH is 1. The van der Waals surface area contributed by atoms with E-state index in [2.05, 4.69) is 20.9 Å². The average molecular weight is 352 g/mol. The molecular weight excluding hydrogens is 343 g/mol. The van der Waals surface area contributed by atoms with Gasteiger partial charge in [0.1, 0.15) is 6.10 Å². The van der Waals surface area contributed by atoms with Crippen LogP contribution < -0.4 is 0 Å². The molecule has 1 aromatic heterocycles. The Hall–Kier alpha value is -0.920. The Balaban J connectivity index is 2.33. The SMILES string of the molecule is Cc1cc(Br)cc(C(O)c2cnc(C(F)(F)F)s2)c1. The molecule has 19 heavy (non-hydrogen) atoms. The lowest BCUT2D eigenvalue weighted by atomic mass is 10.1. The fourth-order valence-corrected chi connectivity index (χ4v) is 3.05. The van der Waals surface area contributed by atoms with Gasteiger partial charge in [-0.1, -0.05) is 22.0 Å². The molecule has 1 heterocycles. The number of halogens is 4. The third kappa shape index (κ3) is 3.34. The molecule has 1 atom stereocenters. The van der Waals surface area contributed by atoms with Crippen LogP contribution in [-0.4, -0.2) is 10.1 Å². The van der Waals surface area contributed by atoms with Crippen molar-refractivity contribution in [3.63, 3.8) is 0 Å². The largest absolute Gasteiger partial charge is 0.443 e. The molecular formula is C12H9BrF3NOS. The number of alkyl halides is 3. The van der Waals surface area contributed by atoms with Crippen LogP contribution in [0.3, 0.4) is 0 Å². The molecule has 0 aliphatic heterocycles. The zero-order valence-corrected chi connectivity index (χ0v) is 12.1. The van der Waals surface area contributed by atoms with Gasteiger partial charge < -0.3 is 5.11 Å². The van der Waals surface area contributed by atoms with E-state index in [0.717, 1.165) is 16.2 Å². The van der Waals surface area contributed by atoms with Gasteiger partial charge in [-0.15, -0.1) is 11.3 Å². The molecule has 0 bridgehead atoms. The minimum Gasteiger partial charge on any atom is -0.383 e. The predicted molar refractivity (Wildman–Crippen MR) is 70.1 cm³/mol. The topological polar surface area (TPSA) is 33.1 Å². The fraction of sp³-hybridized carbons (Fsp3) is 0.250. The van der Waals surface area contributed by atoms with E-state index < -0.39 is 17.3 Å². The van der Waals surface area contributed by atoms with Crippen LogP contribution in [0.2, 0.25) is 0 Å². The van der Waals surface area contributed by atoms with Crippen molar-refractivity contribution in [3.8, 4) is 0 Å². The maximum atomic E-state index is 12.5. The van der Waals surface area contributed by atoms with Gasteiger partial charge in [-0.3, -0.25) is 0 Å². The molecule has 1 aromatic carbocycles. The fourth-order valence-electron chi connectivity index (χ4n) is 1.63. The van der Waals surface area contributed by atoms with Gasteiger partial charge in [-0.2, -0.15) is 13.2 Å². The lowest BCUT2D eigenvalue weighted by Crippen LogP contribution is -2.03. The van der Waals surface area contributed by atoms with Gasteiger partial charge >= 0.3 is 6.18 Å². The smallest absolute Gasteiger partial charge is 0.383 e. The number of thiazole rings is 1. The maximum Gasteiger partial charge on any atom is 0.443 e. The number of nitrogens with zero attached hydrogens (tertiary/aromatic N) is 1. The molecule has 0 fully saturated rings. The van der Waals surface area contributed by atoms with Gasteiger partial charge in [0.25, 0.3) is 0 Å². The number of aliphatic hydroxyl groups is 1. The minimum atomic E-state index is -4.48. The first-order valence-corrected chi connectivity index (χ1v) is 6.86. The van der Waals surface area contributed by atoms with E-state index >= 15 is 0 Å². The van der Waals surface area contributed by atoms with Gasteiger partial charge in [0.2, 0.25) is 0 Å². The van der Waals surface area contributed by atoms with Crippen LogP contribution in [-0.2, 0) is 6.18 Å². The molecule has 7 heteroatoms. The highest BCUT2D eigenvalue weighted by molar-refractivity contribution is 9.10. The summed E-state index contributed by atoms with van der Waals surface area (Å²) in [6.07, 6.45) is -4.52. The lowest BCUT2D eigenvalue weighted by molar-refractivity contribution is -0.137. The number of rotatable bonds is 2. The quantitative estimate of drug-likeness (QED) is 0.874. The summed E-state index contributed by atoms with van der Waals surface area (Å²) >= 11 is 3.74. The van der Waals surface area contributed by atoms with Gasteiger partial charge in [-0.25, -0.2) is 4.98 Å². The first kappa shape index (κ1) is 14.5. The van der Waals surface area contributed by atoms with Crippen LogP contribution in [0.5, 0.6) is 0 Å². The van der Waals surface area contributed by atoms with E-state index in [1.54, 1.807) is 12.1 Å². The second-order valence-electron chi connectivity index (χ2n) is 4.03. The van der Waals surface area contributed by atoms with E-state index in [0.29, 0.717) is 16.9 Å². The summed E-state index contributed by atoms with van der Waals surface area (Å²) in [6, 6.07) is 5.25. The molecule has 2 aromatic rings. The van der Waals surface area contributed by atoms with Crippen LogP contribution in [0, 0.1) is 6.92 Å². The zero-order valence-electron chi connectivity index (χ0n) is 9.70. The molecule has 0 aliphatic carbocycles. The van der Waals surface area contributed by atoms with E-state index in [4.69, 9.17) is 0 Å². The molecule has 1 unspecified atom stereocenters. The summed E-state index contributed by atoms with van der Waals surface area (Å²) < 4.78 is 38.1. The highest BCUT2D eigenvalue weighted by atomic mass is 79.9. The first-order valence-electron chi connectivity index (χ1n) is 5.25. The Morgan fingerprint density at radius 1 is 1.32 bits per heavy atom. The van der Waals surface area contributed by atoms with Gasteiger partial charge in [-0.05, 0) is 30.2 Å². The molecule has 0 spiro atoms. The zero-order chi connectivity index (χ0) is 14.2. The molecule has 2 rings (SSSR count). The first-order chi connectivity index (χ1) is 8.77. The number of aryl methyl sites for hydroxylation is 1. The number of benzene rings is 1. The maximum absolute atomic E-state index is 12.5. The second kappa shape index (κ2) is 5.22. The standard InChI is InChI=1S/C12H9BrF3NOS/c1-6-2-7(4-8(13)3-6)10(18)9-5-17-11(19-9)12(14,15)16/h2-5,10,18H,1H3. The van der Waals surface area contributed by atoms with Crippen molar-refractivity contribution in [3.05, 3.63) is 49.9 Å². The summed E-state index contributed by atoms with van der Waals surface area (Å²) in [5, 5.41) is 9.15. The van der Waals surface area contributed by atoms with Crippen LogP contribution in [0.4, 0.5) is 13.2 Å². The van der Waals surface area contributed by atoms with Crippen LogP contribution in [0.25, 0.3) is 0 Å². The Labute approximate surface area is 120 Å². The van der Waals surface area contributed by atoms with Crippen molar-refractivity contribution in [1.82, 2.24) is 4.98 Å². The van der Waals surface area contributed by atoms with Crippen molar-refractivity contribution in [2.75, 3.05) is 0 Å². The molecule has 0 amide bonds. The second-order valence-corrected chi connectivity index (χ2v) is 6.01. The third-order valence-electron chi connectivity index (χ3n) is 2.42. The third-order valence-corrected chi connectivity index (χ3v) is 3.97. The Kier molecular flexibility index (Phi) is 3.98. The summed E-state index contributed by atoms with van der Waals surface area (Å²) in [5.74, 6) is 0. The van der Waals surface area contributed by atoms with Gasteiger partial charge in [0.05, 0.1) is 4.88 Å². The van der Waals surface area contributed by atoms with Crippen LogP contribution in [0.15, 0.2) is 28.9 Å². The van der Waals surface area contributed by atoms with E-state index in [9.17, 15) is 18.3 Å². The molecule has 102 valence electrons. The lowest BCUT2D eigenvalue weighted by Gasteiger charge is -2.10. The summed E-state index contributed by atoms with van der Waals surface area (Å²) in [4.78, 5) is 3.47. The summed E-state index contributed by atoms with van der Waals surface area (Å²) in [7, 11) is 0. The normalized spacial score (nSPS) is 13.6. The van der Waals surface area contributed by atoms with E-state index in [1.165, 1.54) is 0 Å². The predicted octanol–water partition coefficient (Wildman–Crippen LogP) is 4.31. The van der Waals surface area contributed by atoms with Gasteiger partial charge in [0, 0.05) is 10.7 Å². The van der Waals surface area contributed by atoms with Gasteiger partial charge in [0.15, 0.2) is 5.01 Å². The molecule has 0 saturated heterocycles. The minimum absolute atomic E-state index is 0.171.